The van der Waals surface area contributed by atoms with E-state index in [2.05, 4.69) is 27.7 Å². The Labute approximate surface area is 112 Å². The molecule has 108 valence electrons. The van der Waals surface area contributed by atoms with Crippen LogP contribution in [0, 0.1) is 11.8 Å². The molecule has 0 saturated carbocycles. The Hall–Kier alpha value is -0.730. The highest BCUT2D eigenvalue weighted by molar-refractivity contribution is 5.60. The zero-order chi connectivity index (χ0) is 14.1. The van der Waals surface area contributed by atoms with Gasteiger partial charge in [0.1, 0.15) is 12.2 Å². The summed E-state index contributed by atoms with van der Waals surface area (Å²) in [4.78, 5) is 11.6. The summed E-state index contributed by atoms with van der Waals surface area (Å²) < 4.78 is 10.6. The molecule has 0 aliphatic heterocycles. The summed E-state index contributed by atoms with van der Waals surface area (Å²) in [5.74, 6) is 0.761. The second-order valence-electron chi connectivity index (χ2n) is 5.43. The molecule has 0 aliphatic carbocycles. The summed E-state index contributed by atoms with van der Waals surface area (Å²) in [5, 5.41) is 0. The molecule has 3 nitrogen and oxygen atoms in total. The van der Waals surface area contributed by atoms with Crippen LogP contribution >= 0.6 is 0 Å². The lowest BCUT2D eigenvalue weighted by molar-refractivity contribution is -0.0198. The summed E-state index contributed by atoms with van der Waals surface area (Å²) in [6.45, 7) is 12.3. The molecular formula is C15H30O3. The standard InChI is InChI=1S/C15H30O3/c1-7-9-11(3)13(5)17-15(16)18-14(6)12(4)10-8-2/h11-14H,7-10H2,1-6H3. The SMILES string of the molecule is CCCC(C)C(C)OC(=O)OC(C)C(C)CCC. The first kappa shape index (κ1) is 17.3. The maximum absolute atomic E-state index is 11.6. The van der Waals surface area contributed by atoms with Crippen LogP contribution in [-0.2, 0) is 9.47 Å². The van der Waals surface area contributed by atoms with E-state index >= 15 is 0 Å². The van der Waals surface area contributed by atoms with Crippen molar-refractivity contribution in [3.05, 3.63) is 0 Å². The van der Waals surface area contributed by atoms with Crippen LogP contribution in [0.2, 0.25) is 0 Å². The van der Waals surface area contributed by atoms with Crippen LogP contribution in [0.4, 0.5) is 4.79 Å². The Morgan fingerprint density at radius 1 is 0.833 bits per heavy atom. The first-order chi connectivity index (χ1) is 8.42. The molecule has 0 aromatic rings. The Morgan fingerprint density at radius 3 is 1.44 bits per heavy atom. The smallest absolute Gasteiger partial charge is 0.431 e. The van der Waals surface area contributed by atoms with Crippen molar-refractivity contribution in [3.8, 4) is 0 Å². The number of carbonyl (C=O) groups excluding carboxylic acids is 1. The molecule has 0 aromatic carbocycles. The predicted molar refractivity (Wildman–Crippen MR) is 74.6 cm³/mol. The third-order valence-electron chi connectivity index (χ3n) is 3.65. The van der Waals surface area contributed by atoms with E-state index in [1.165, 1.54) is 0 Å². The van der Waals surface area contributed by atoms with Crippen molar-refractivity contribution >= 4 is 6.16 Å². The van der Waals surface area contributed by atoms with Crippen LogP contribution < -0.4 is 0 Å². The molecule has 0 N–H and O–H groups in total. The van der Waals surface area contributed by atoms with E-state index in [0.717, 1.165) is 25.7 Å². The molecule has 3 heteroatoms. The summed E-state index contributed by atoms with van der Waals surface area (Å²) in [6.07, 6.45) is 3.66. The van der Waals surface area contributed by atoms with Gasteiger partial charge in [-0.15, -0.1) is 0 Å². The minimum atomic E-state index is -0.527. The van der Waals surface area contributed by atoms with Gasteiger partial charge in [-0.05, 0) is 38.5 Å². The van der Waals surface area contributed by atoms with Gasteiger partial charge in [0.25, 0.3) is 0 Å². The molecule has 0 spiro atoms. The first-order valence-corrected chi connectivity index (χ1v) is 7.29. The van der Waals surface area contributed by atoms with Gasteiger partial charge >= 0.3 is 6.16 Å². The van der Waals surface area contributed by atoms with Gasteiger partial charge in [-0.2, -0.15) is 0 Å². The van der Waals surface area contributed by atoms with E-state index in [-0.39, 0.29) is 12.2 Å². The lowest BCUT2D eigenvalue weighted by Crippen LogP contribution is -2.27. The van der Waals surface area contributed by atoms with Gasteiger partial charge in [-0.25, -0.2) is 4.79 Å². The fraction of sp³-hybridized carbons (Fsp3) is 0.933. The van der Waals surface area contributed by atoms with Crippen LogP contribution in [0.15, 0.2) is 0 Å². The van der Waals surface area contributed by atoms with E-state index < -0.39 is 6.16 Å². The minimum Gasteiger partial charge on any atom is -0.431 e. The Bertz CT molecular complexity index is 206. The largest absolute Gasteiger partial charge is 0.508 e. The van der Waals surface area contributed by atoms with E-state index in [4.69, 9.17) is 9.47 Å². The first-order valence-electron chi connectivity index (χ1n) is 7.29. The van der Waals surface area contributed by atoms with Gasteiger partial charge in [-0.3, -0.25) is 0 Å². The Kier molecular flexibility index (Phi) is 8.86. The Morgan fingerprint density at radius 2 is 1.17 bits per heavy atom. The van der Waals surface area contributed by atoms with E-state index in [1.807, 2.05) is 13.8 Å². The normalized spacial score (nSPS) is 17.7. The molecule has 0 heterocycles. The molecule has 0 aromatic heterocycles. The van der Waals surface area contributed by atoms with Crippen molar-refractivity contribution < 1.29 is 14.3 Å². The fourth-order valence-electron chi connectivity index (χ4n) is 1.94. The van der Waals surface area contributed by atoms with Crippen molar-refractivity contribution in [1.82, 2.24) is 0 Å². The molecule has 0 saturated heterocycles. The molecule has 0 rings (SSSR count). The van der Waals surface area contributed by atoms with Gasteiger partial charge in [0, 0.05) is 0 Å². The van der Waals surface area contributed by atoms with Gasteiger partial charge in [0.2, 0.25) is 0 Å². The van der Waals surface area contributed by atoms with Crippen molar-refractivity contribution in [1.29, 1.82) is 0 Å². The third kappa shape index (κ3) is 6.87. The maximum Gasteiger partial charge on any atom is 0.508 e. The van der Waals surface area contributed by atoms with Crippen molar-refractivity contribution in [2.75, 3.05) is 0 Å². The number of hydrogen-bond donors (Lipinski definition) is 0. The second-order valence-corrected chi connectivity index (χ2v) is 5.43. The number of ether oxygens (including phenoxy) is 2. The third-order valence-corrected chi connectivity index (χ3v) is 3.65. The molecule has 0 bridgehead atoms. The molecule has 0 aliphatic rings. The van der Waals surface area contributed by atoms with Gasteiger partial charge in [0.05, 0.1) is 0 Å². The average Bonchev–Trinajstić information content (AvgIpc) is 2.29. The van der Waals surface area contributed by atoms with Crippen molar-refractivity contribution in [3.63, 3.8) is 0 Å². The second kappa shape index (κ2) is 9.23. The Balaban J connectivity index is 4.02. The van der Waals surface area contributed by atoms with E-state index in [0.29, 0.717) is 11.8 Å². The fourth-order valence-corrected chi connectivity index (χ4v) is 1.94. The lowest BCUT2D eigenvalue weighted by atomic mass is 10.0. The number of hydrogen-bond acceptors (Lipinski definition) is 3. The molecule has 0 radical (unpaired) electrons. The summed E-state index contributed by atoms with van der Waals surface area (Å²) >= 11 is 0. The molecule has 18 heavy (non-hydrogen) atoms. The lowest BCUT2D eigenvalue weighted by Gasteiger charge is -2.23. The monoisotopic (exact) mass is 258 g/mol. The average molecular weight is 258 g/mol. The topological polar surface area (TPSA) is 35.5 Å². The molecule has 4 atom stereocenters. The van der Waals surface area contributed by atoms with Gasteiger partial charge in [-0.1, -0.05) is 40.5 Å². The van der Waals surface area contributed by atoms with Crippen molar-refractivity contribution in [2.24, 2.45) is 11.8 Å². The van der Waals surface area contributed by atoms with Crippen LogP contribution in [0.3, 0.4) is 0 Å². The number of carbonyl (C=O) groups is 1. The quantitative estimate of drug-likeness (QED) is 0.587. The highest BCUT2D eigenvalue weighted by Gasteiger charge is 2.21. The minimum absolute atomic E-state index is 0.0777. The summed E-state index contributed by atoms with van der Waals surface area (Å²) in [7, 11) is 0. The van der Waals surface area contributed by atoms with Crippen LogP contribution in [-0.4, -0.2) is 18.4 Å². The zero-order valence-corrected chi connectivity index (χ0v) is 12.9. The van der Waals surface area contributed by atoms with E-state index in [1.54, 1.807) is 0 Å². The van der Waals surface area contributed by atoms with Crippen LogP contribution in [0.25, 0.3) is 0 Å². The molecule has 4 unspecified atom stereocenters. The predicted octanol–water partition coefficient (Wildman–Crippen LogP) is 4.79. The molecule has 0 amide bonds. The summed E-state index contributed by atoms with van der Waals surface area (Å²) in [5.41, 5.74) is 0. The highest BCUT2D eigenvalue weighted by Crippen LogP contribution is 2.17. The van der Waals surface area contributed by atoms with Crippen molar-refractivity contribution in [2.45, 2.75) is 79.4 Å². The van der Waals surface area contributed by atoms with Gasteiger partial charge in [0.15, 0.2) is 0 Å². The molecular weight excluding hydrogens is 228 g/mol. The number of rotatable bonds is 8. The van der Waals surface area contributed by atoms with E-state index in [9.17, 15) is 4.79 Å². The highest BCUT2D eigenvalue weighted by atomic mass is 16.7. The van der Waals surface area contributed by atoms with Gasteiger partial charge < -0.3 is 9.47 Å². The zero-order valence-electron chi connectivity index (χ0n) is 12.9. The van der Waals surface area contributed by atoms with Crippen LogP contribution in [0.5, 0.6) is 0 Å². The maximum atomic E-state index is 11.6. The summed E-state index contributed by atoms with van der Waals surface area (Å²) in [6, 6.07) is 0. The van der Waals surface area contributed by atoms with Crippen LogP contribution in [0.1, 0.15) is 67.2 Å². The molecule has 0 fully saturated rings.